The van der Waals surface area contributed by atoms with Crippen molar-refractivity contribution in [2.24, 2.45) is 0 Å². The zero-order valence-corrected chi connectivity index (χ0v) is 15.2. The van der Waals surface area contributed by atoms with Crippen molar-refractivity contribution in [3.05, 3.63) is 71.3 Å². The topological polar surface area (TPSA) is 55.4 Å². The third kappa shape index (κ3) is 4.68. The molecule has 0 spiro atoms. The normalized spacial score (nSPS) is 13.0. The molecule has 0 bridgehead atoms. The van der Waals surface area contributed by atoms with Crippen LogP contribution in [0.5, 0.6) is 0 Å². The van der Waals surface area contributed by atoms with Gasteiger partial charge in [0.15, 0.2) is 6.04 Å². The van der Waals surface area contributed by atoms with Crippen molar-refractivity contribution in [3.63, 3.8) is 0 Å². The Bertz CT molecular complexity index is 686. The lowest BCUT2D eigenvalue weighted by molar-refractivity contribution is -0.147. The Labute approximate surface area is 150 Å². The van der Waals surface area contributed by atoms with Crippen LogP contribution in [0.4, 0.5) is 0 Å². The molecule has 24 heavy (non-hydrogen) atoms. The summed E-state index contributed by atoms with van der Waals surface area (Å²) < 4.78 is 5.09. The monoisotopic (exact) mass is 389 g/mol. The fourth-order valence-corrected chi connectivity index (χ4v) is 2.69. The molecule has 0 aromatic heterocycles. The summed E-state index contributed by atoms with van der Waals surface area (Å²) in [6, 6.07) is 15.9. The molecule has 4 nitrogen and oxygen atoms in total. The van der Waals surface area contributed by atoms with Crippen LogP contribution in [0.1, 0.15) is 34.5 Å². The van der Waals surface area contributed by atoms with Gasteiger partial charge in [0.25, 0.3) is 0 Å². The number of ether oxygens (including phenoxy) is 1. The van der Waals surface area contributed by atoms with Gasteiger partial charge in [-0.15, -0.1) is 0 Å². The number of alkyl halides is 1. The predicted molar refractivity (Wildman–Crippen MR) is 96.8 cm³/mol. The largest absolute Gasteiger partial charge is 0.464 e. The lowest BCUT2D eigenvalue weighted by atomic mass is 10.1. The van der Waals surface area contributed by atoms with E-state index in [9.17, 15) is 9.59 Å². The van der Waals surface area contributed by atoms with Crippen LogP contribution in [0.2, 0.25) is 0 Å². The molecule has 126 valence electrons. The average Bonchev–Trinajstić information content (AvgIpc) is 2.60. The van der Waals surface area contributed by atoms with Crippen LogP contribution in [0, 0.1) is 6.92 Å². The molecular weight excluding hydrogens is 370 g/mol. The van der Waals surface area contributed by atoms with Gasteiger partial charge < -0.3 is 10.1 Å². The molecule has 1 amide bonds. The quantitative estimate of drug-likeness (QED) is 0.602. The first-order valence-corrected chi connectivity index (χ1v) is 8.67. The van der Waals surface area contributed by atoms with Crippen molar-refractivity contribution in [3.8, 4) is 0 Å². The number of carbonyl (C=O) groups is 2. The molecule has 2 atom stereocenters. The first-order valence-electron chi connectivity index (χ1n) is 7.75. The summed E-state index contributed by atoms with van der Waals surface area (Å²) in [7, 11) is 0. The number of benzene rings is 2. The Morgan fingerprint density at radius 3 is 2.25 bits per heavy atom. The number of rotatable bonds is 6. The molecule has 2 aromatic carbocycles. The van der Waals surface area contributed by atoms with Crippen LogP contribution in [0.15, 0.2) is 54.6 Å². The van der Waals surface area contributed by atoms with E-state index < -0.39 is 16.8 Å². The molecule has 1 N–H and O–H groups in total. The second-order valence-corrected chi connectivity index (χ2v) is 6.29. The number of carbonyl (C=O) groups excluding carboxylic acids is 2. The summed E-state index contributed by atoms with van der Waals surface area (Å²) in [5.41, 5.74) is 2.63. The molecule has 0 unspecified atom stereocenters. The zero-order chi connectivity index (χ0) is 17.5. The summed E-state index contributed by atoms with van der Waals surface area (Å²) in [6.07, 6.45) is 0. The van der Waals surface area contributed by atoms with Gasteiger partial charge in [-0.3, -0.25) is 4.79 Å². The van der Waals surface area contributed by atoms with Crippen molar-refractivity contribution in [1.29, 1.82) is 0 Å². The highest BCUT2D eigenvalue weighted by Gasteiger charge is 2.27. The predicted octanol–water partition coefficient (Wildman–Crippen LogP) is 3.85. The SMILES string of the molecule is CCOC(=O)[C@@H](NC(=O)[C@@H](Br)c1ccc(C)cc1)c1ccccc1. The third-order valence-corrected chi connectivity index (χ3v) is 4.49. The van der Waals surface area contributed by atoms with Crippen molar-refractivity contribution < 1.29 is 14.3 Å². The molecule has 0 saturated heterocycles. The fraction of sp³-hybridized carbons (Fsp3) is 0.263. The lowest BCUT2D eigenvalue weighted by Gasteiger charge is -2.19. The van der Waals surface area contributed by atoms with E-state index in [1.54, 1.807) is 19.1 Å². The molecule has 2 aromatic rings. The first-order chi connectivity index (χ1) is 11.5. The maximum atomic E-state index is 12.6. The molecule has 2 rings (SSSR count). The van der Waals surface area contributed by atoms with Crippen molar-refractivity contribution in [2.45, 2.75) is 24.7 Å². The summed E-state index contributed by atoms with van der Waals surface area (Å²) >= 11 is 3.40. The highest BCUT2D eigenvalue weighted by Crippen LogP contribution is 2.25. The number of hydrogen-bond acceptors (Lipinski definition) is 3. The van der Waals surface area contributed by atoms with Crippen LogP contribution < -0.4 is 5.32 Å². The van der Waals surface area contributed by atoms with Gasteiger partial charge in [0.05, 0.1) is 6.61 Å². The standard InChI is InChI=1S/C19H20BrNO3/c1-3-24-19(23)17(15-7-5-4-6-8-15)21-18(22)16(20)14-11-9-13(2)10-12-14/h4-12,16-17H,3H2,1-2H3,(H,21,22)/t16-,17-/m0/s1. The van der Waals surface area contributed by atoms with E-state index in [4.69, 9.17) is 4.74 Å². The van der Waals surface area contributed by atoms with Gasteiger partial charge in [-0.2, -0.15) is 0 Å². The molecule has 0 aliphatic rings. The summed E-state index contributed by atoms with van der Waals surface area (Å²) in [5.74, 6) is -0.763. The Kier molecular flexibility index (Phi) is 6.55. The Morgan fingerprint density at radius 2 is 1.67 bits per heavy atom. The number of aryl methyl sites for hydroxylation is 1. The highest BCUT2D eigenvalue weighted by molar-refractivity contribution is 9.09. The molecular formula is C19H20BrNO3. The van der Waals surface area contributed by atoms with E-state index >= 15 is 0 Å². The highest BCUT2D eigenvalue weighted by atomic mass is 79.9. The lowest BCUT2D eigenvalue weighted by Crippen LogP contribution is -2.36. The van der Waals surface area contributed by atoms with Crippen molar-refractivity contribution in [1.82, 2.24) is 5.32 Å². The zero-order valence-electron chi connectivity index (χ0n) is 13.7. The fourth-order valence-electron chi connectivity index (χ4n) is 2.25. The van der Waals surface area contributed by atoms with Crippen LogP contribution in [0.25, 0.3) is 0 Å². The minimum absolute atomic E-state index is 0.258. The minimum Gasteiger partial charge on any atom is -0.464 e. The van der Waals surface area contributed by atoms with Crippen LogP contribution in [-0.4, -0.2) is 18.5 Å². The van der Waals surface area contributed by atoms with E-state index in [1.807, 2.05) is 49.4 Å². The van der Waals surface area contributed by atoms with E-state index in [2.05, 4.69) is 21.2 Å². The van der Waals surface area contributed by atoms with E-state index in [0.717, 1.165) is 11.1 Å². The molecule has 0 heterocycles. The maximum Gasteiger partial charge on any atom is 0.333 e. The summed E-state index contributed by atoms with van der Waals surface area (Å²) in [6.45, 7) is 3.98. The van der Waals surface area contributed by atoms with E-state index in [0.29, 0.717) is 5.56 Å². The van der Waals surface area contributed by atoms with Crippen molar-refractivity contribution in [2.75, 3.05) is 6.61 Å². The van der Waals surface area contributed by atoms with Gasteiger partial charge in [-0.05, 0) is 25.0 Å². The second-order valence-electron chi connectivity index (χ2n) is 5.38. The smallest absolute Gasteiger partial charge is 0.333 e. The van der Waals surface area contributed by atoms with Crippen LogP contribution in [-0.2, 0) is 14.3 Å². The number of amides is 1. The van der Waals surface area contributed by atoms with Gasteiger partial charge in [0, 0.05) is 0 Å². The van der Waals surface area contributed by atoms with E-state index in [1.165, 1.54) is 0 Å². The number of hydrogen-bond donors (Lipinski definition) is 1. The number of halogens is 1. The van der Waals surface area contributed by atoms with Gasteiger partial charge >= 0.3 is 5.97 Å². The maximum absolute atomic E-state index is 12.6. The summed E-state index contributed by atoms with van der Waals surface area (Å²) in [4.78, 5) is 24.2. The molecule has 0 saturated carbocycles. The summed E-state index contributed by atoms with van der Waals surface area (Å²) in [5, 5.41) is 2.77. The number of esters is 1. The van der Waals surface area contributed by atoms with E-state index in [-0.39, 0.29) is 12.5 Å². The van der Waals surface area contributed by atoms with Crippen LogP contribution >= 0.6 is 15.9 Å². The molecule has 0 radical (unpaired) electrons. The average molecular weight is 390 g/mol. The molecule has 0 aliphatic heterocycles. The van der Waals surface area contributed by atoms with Gasteiger partial charge in [0.1, 0.15) is 4.83 Å². The minimum atomic E-state index is -0.829. The second kappa shape index (κ2) is 8.64. The van der Waals surface area contributed by atoms with Crippen LogP contribution in [0.3, 0.4) is 0 Å². The van der Waals surface area contributed by atoms with Crippen molar-refractivity contribution >= 4 is 27.8 Å². The Hall–Kier alpha value is -2.14. The Morgan fingerprint density at radius 1 is 1.04 bits per heavy atom. The third-order valence-electron chi connectivity index (χ3n) is 3.54. The molecule has 0 aliphatic carbocycles. The number of nitrogens with one attached hydrogen (secondary N) is 1. The molecule has 0 fully saturated rings. The van der Waals surface area contributed by atoms with Gasteiger partial charge in [-0.25, -0.2) is 4.79 Å². The first kappa shape index (κ1) is 18.2. The van der Waals surface area contributed by atoms with Gasteiger partial charge in [-0.1, -0.05) is 76.1 Å². The Balaban J connectivity index is 2.17. The molecule has 5 heteroatoms. The van der Waals surface area contributed by atoms with Gasteiger partial charge in [0.2, 0.25) is 5.91 Å².